The van der Waals surface area contributed by atoms with E-state index in [1.807, 2.05) is 6.07 Å². The maximum absolute atomic E-state index is 13.4. The summed E-state index contributed by atoms with van der Waals surface area (Å²) in [6.07, 6.45) is -0.976. The Kier molecular flexibility index (Phi) is 10.3. The van der Waals surface area contributed by atoms with Gasteiger partial charge in [0, 0.05) is 49.6 Å². The lowest BCUT2D eigenvalue weighted by molar-refractivity contribution is -0.138. The molecule has 0 spiro atoms. The third-order valence-electron chi connectivity index (χ3n) is 6.28. The molecule has 13 heteroatoms. The van der Waals surface area contributed by atoms with Crippen LogP contribution in [0.1, 0.15) is 51.0 Å². The number of hydrogen-bond acceptors (Lipinski definition) is 8. The molecule has 1 fully saturated rings. The minimum Gasteiger partial charge on any atom is -0.481 e. The van der Waals surface area contributed by atoms with E-state index in [2.05, 4.69) is 20.6 Å². The van der Waals surface area contributed by atoms with Crippen LogP contribution in [0.3, 0.4) is 0 Å². The molecule has 3 rings (SSSR count). The average Bonchev–Trinajstić information content (AvgIpc) is 2.94. The van der Waals surface area contributed by atoms with Gasteiger partial charge in [-0.25, -0.2) is 14.8 Å². The Morgan fingerprint density at radius 3 is 2.22 bits per heavy atom. The summed E-state index contributed by atoms with van der Waals surface area (Å²) in [6.45, 7) is 8.03. The first-order valence-corrected chi connectivity index (χ1v) is 13.4. The van der Waals surface area contributed by atoms with Gasteiger partial charge in [-0.2, -0.15) is 0 Å². The van der Waals surface area contributed by atoms with Crippen molar-refractivity contribution in [2.24, 2.45) is 5.41 Å². The Labute approximate surface area is 238 Å². The molecule has 0 unspecified atom stereocenters. The van der Waals surface area contributed by atoms with E-state index in [-0.39, 0.29) is 68.9 Å². The van der Waals surface area contributed by atoms with Gasteiger partial charge in [0.05, 0.1) is 6.61 Å². The van der Waals surface area contributed by atoms with Gasteiger partial charge in [-0.3, -0.25) is 19.2 Å². The van der Waals surface area contributed by atoms with E-state index in [1.54, 1.807) is 52.0 Å². The third-order valence-corrected chi connectivity index (χ3v) is 6.28. The second-order valence-corrected chi connectivity index (χ2v) is 10.5. The molecule has 1 aliphatic rings. The molecule has 0 radical (unpaired) electrons. The van der Waals surface area contributed by atoms with E-state index in [4.69, 9.17) is 4.74 Å². The molecule has 220 valence electrons. The number of ether oxygens (including phenoxy) is 1. The van der Waals surface area contributed by atoms with Crippen molar-refractivity contribution < 1.29 is 33.8 Å². The minimum absolute atomic E-state index is 0.104. The Balaban J connectivity index is 1.84. The SMILES string of the molecule is CCOC(=O)N1CCN(C(=O)[C@H](CCC(=O)O)NC(=O)c2cc(NC(=O)C(C)(C)C)nc(-c3ccccc3)n2)CC1. The van der Waals surface area contributed by atoms with Crippen molar-refractivity contribution in [2.45, 2.75) is 46.6 Å². The average molecular weight is 569 g/mol. The fourth-order valence-corrected chi connectivity index (χ4v) is 3.95. The predicted octanol–water partition coefficient (Wildman–Crippen LogP) is 2.39. The molecular formula is C28H36N6O7. The molecule has 13 nitrogen and oxygen atoms in total. The van der Waals surface area contributed by atoms with Gasteiger partial charge in [0.1, 0.15) is 17.6 Å². The highest BCUT2D eigenvalue weighted by molar-refractivity contribution is 5.99. The summed E-state index contributed by atoms with van der Waals surface area (Å²) in [5.74, 6) is -2.35. The summed E-state index contributed by atoms with van der Waals surface area (Å²) in [6, 6.07) is 9.02. The molecular weight excluding hydrogens is 532 g/mol. The number of nitrogens with one attached hydrogen (secondary N) is 2. The summed E-state index contributed by atoms with van der Waals surface area (Å²) in [7, 11) is 0. The van der Waals surface area contributed by atoms with Crippen LogP contribution in [0.25, 0.3) is 11.4 Å². The van der Waals surface area contributed by atoms with Crippen molar-refractivity contribution in [2.75, 3.05) is 38.1 Å². The zero-order valence-electron chi connectivity index (χ0n) is 23.7. The van der Waals surface area contributed by atoms with Crippen molar-refractivity contribution >= 4 is 35.6 Å². The van der Waals surface area contributed by atoms with Gasteiger partial charge in [0.2, 0.25) is 11.8 Å². The van der Waals surface area contributed by atoms with Crippen LogP contribution in [-0.4, -0.2) is 93.5 Å². The van der Waals surface area contributed by atoms with Crippen LogP contribution in [0, 0.1) is 5.41 Å². The summed E-state index contributed by atoms with van der Waals surface area (Å²) in [5.41, 5.74) is -0.235. The summed E-state index contributed by atoms with van der Waals surface area (Å²) in [4.78, 5) is 74.5. The first-order valence-electron chi connectivity index (χ1n) is 13.4. The van der Waals surface area contributed by atoms with Crippen LogP contribution in [-0.2, 0) is 19.1 Å². The number of nitrogens with zero attached hydrogens (tertiary/aromatic N) is 4. The number of anilines is 1. The number of aliphatic carboxylic acids is 1. The summed E-state index contributed by atoms with van der Waals surface area (Å²) < 4.78 is 5.01. The van der Waals surface area contributed by atoms with E-state index in [0.29, 0.717) is 5.56 Å². The number of benzene rings is 1. The zero-order chi connectivity index (χ0) is 30.2. The van der Waals surface area contributed by atoms with Crippen molar-refractivity contribution in [3.8, 4) is 11.4 Å². The Hall–Kier alpha value is -4.55. The first-order chi connectivity index (χ1) is 19.4. The number of carboxylic acids is 1. The maximum Gasteiger partial charge on any atom is 0.409 e. The van der Waals surface area contributed by atoms with E-state index in [0.717, 1.165) is 0 Å². The number of carbonyl (C=O) groups excluding carboxylic acids is 4. The summed E-state index contributed by atoms with van der Waals surface area (Å²) >= 11 is 0. The molecule has 2 aromatic rings. The lowest BCUT2D eigenvalue weighted by Crippen LogP contribution is -2.56. The summed E-state index contributed by atoms with van der Waals surface area (Å²) in [5, 5.41) is 14.6. The molecule has 1 aliphatic heterocycles. The molecule has 1 aromatic carbocycles. The van der Waals surface area contributed by atoms with E-state index in [1.165, 1.54) is 15.9 Å². The Bertz CT molecular complexity index is 1270. The fourth-order valence-electron chi connectivity index (χ4n) is 3.95. The van der Waals surface area contributed by atoms with Gasteiger partial charge in [-0.15, -0.1) is 0 Å². The van der Waals surface area contributed by atoms with Crippen LogP contribution in [0.2, 0.25) is 0 Å². The highest BCUT2D eigenvalue weighted by Crippen LogP contribution is 2.21. The van der Waals surface area contributed by atoms with E-state index < -0.39 is 35.3 Å². The lowest BCUT2D eigenvalue weighted by Gasteiger charge is -2.35. The smallest absolute Gasteiger partial charge is 0.409 e. The number of carbonyl (C=O) groups is 5. The number of carboxylic acid groups (broad SMARTS) is 1. The maximum atomic E-state index is 13.4. The van der Waals surface area contributed by atoms with Crippen molar-refractivity contribution in [3.05, 3.63) is 42.1 Å². The Morgan fingerprint density at radius 1 is 1.00 bits per heavy atom. The number of piperazine rings is 1. The fraction of sp³-hybridized carbons (Fsp3) is 0.464. The number of aromatic nitrogens is 2. The van der Waals surface area contributed by atoms with Gasteiger partial charge >= 0.3 is 12.1 Å². The minimum atomic E-state index is -1.16. The molecule has 0 aliphatic carbocycles. The molecule has 1 saturated heterocycles. The van der Waals surface area contributed by atoms with Crippen LogP contribution in [0.5, 0.6) is 0 Å². The molecule has 41 heavy (non-hydrogen) atoms. The molecule has 1 aromatic heterocycles. The van der Waals surface area contributed by atoms with Gasteiger partial charge in [0.15, 0.2) is 5.82 Å². The lowest BCUT2D eigenvalue weighted by atomic mass is 9.96. The largest absolute Gasteiger partial charge is 0.481 e. The highest BCUT2D eigenvalue weighted by Gasteiger charge is 2.31. The van der Waals surface area contributed by atoms with E-state index in [9.17, 15) is 29.1 Å². The topological polar surface area (TPSA) is 171 Å². The van der Waals surface area contributed by atoms with Crippen molar-refractivity contribution in [1.82, 2.24) is 25.1 Å². The molecule has 0 saturated carbocycles. The van der Waals surface area contributed by atoms with Gasteiger partial charge < -0.3 is 30.3 Å². The number of rotatable bonds is 9. The van der Waals surface area contributed by atoms with Crippen molar-refractivity contribution in [1.29, 1.82) is 0 Å². The standard InChI is InChI=1S/C28H36N6O7/c1-5-41-27(40)34-15-13-33(14-16-34)25(38)19(11-12-22(35)36)30-24(37)20-17-21(32-26(39)28(2,3)4)31-23(29-20)18-9-7-6-8-10-18/h6-10,17,19H,5,11-16H2,1-4H3,(H,30,37)(H,35,36)(H,29,31,32,39)/t19-/m0/s1. The van der Waals surface area contributed by atoms with Crippen LogP contribution in [0.4, 0.5) is 10.6 Å². The predicted molar refractivity (Wildman–Crippen MR) is 149 cm³/mol. The molecule has 3 N–H and O–H groups in total. The number of amides is 4. The first kappa shape index (κ1) is 31.0. The molecule has 4 amide bonds. The number of hydrogen-bond donors (Lipinski definition) is 3. The third kappa shape index (κ3) is 8.72. The zero-order valence-corrected chi connectivity index (χ0v) is 23.7. The van der Waals surface area contributed by atoms with Gasteiger partial charge in [0.25, 0.3) is 5.91 Å². The molecule has 2 heterocycles. The highest BCUT2D eigenvalue weighted by atomic mass is 16.6. The van der Waals surface area contributed by atoms with Gasteiger partial charge in [-0.05, 0) is 13.3 Å². The second-order valence-electron chi connectivity index (χ2n) is 10.5. The quantitative estimate of drug-likeness (QED) is 0.411. The molecule has 0 bridgehead atoms. The Morgan fingerprint density at radius 2 is 1.63 bits per heavy atom. The molecule has 1 atom stereocenters. The van der Waals surface area contributed by atoms with Crippen LogP contribution >= 0.6 is 0 Å². The van der Waals surface area contributed by atoms with Gasteiger partial charge in [-0.1, -0.05) is 51.1 Å². The van der Waals surface area contributed by atoms with Crippen LogP contribution in [0.15, 0.2) is 36.4 Å². The monoisotopic (exact) mass is 568 g/mol. The normalized spacial score (nSPS) is 14.1. The van der Waals surface area contributed by atoms with E-state index >= 15 is 0 Å². The van der Waals surface area contributed by atoms with Crippen LogP contribution < -0.4 is 10.6 Å². The second kappa shape index (κ2) is 13.7. The van der Waals surface area contributed by atoms with Crippen molar-refractivity contribution in [3.63, 3.8) is 0 Å².